The molecule has 0 radical (unpaired) electrons. The first kappa shape index (κ1) is 12.1. The Morgan fingerprint density at radius 3 is 2.53 bits per heavy atom. The Morgan fingerprint density at radius 1 is 1.40 bits per heavy atom. The Labute approximate surface area is 94.9 Å². The standard InChI is InChI=1S/C12H15ClO2/c1-12(2,8-11(14)15)7-9-5-3-4-6-10(9)13/h3-6H,7-8H2,1-2H3,(H,14,15). The van der Waals surface area contributed by atoms with Gasteiger partial charge in [0.05, 0.1) is 6.42 Å². The number of halogens is 1. The van der Waals surface area contributed by atoms with E-state index in [0.717, 1.165) is 5.56 Å². The lowest BCUT2D eigenvalue weighted by molar-refractivity contribution is -0.139. The molecule has 0 amide bonds. The zero-order valence-corrected chi connectivity index (χ0v) is 9.71. The van der Waals surface area contributed by atoms with E-state index in [4.69, 9.17) is 16.7 Å². The molecule has 3 heteroatoms. The summed E-state index contributed by atoms with van der Waals surface area (Å²) < 4.78 is 0. The predicted octanol–water partition coefficient (Wildman–Crippen LogP) is 3.38. The lowest BCUT2D eigenvalue weighted by atomic mass is 9.83. The lowest BCUT2D eigenvalue weighted by Gasteiger charge is -2.22. The Kier molecular flexibility index (Phi) is 3.75. The van der Waals surface area contributed by atoms with E-state index in [9.17, 15) is 4.79 Å². The summed E-state index contributed by atoms with van der Waals surface area (Å²) in [5.74, 6) is -0.771. The van der Waals surface area contributed by atoms with E-state index < -0.39 is 5.97 Å². The van der Waals surface area contributed by atoms with Crippen LogP contribution in [0.15, 0.2) is 24.3 Å². The molecule has 0 atom stereocenters. The fourth-order valence-electron chi connectivity index (χ4n) is 1.63. The molecule has 2 nitrogen and oxygen atoms in total. The largest absolute Gasteiger partial charge is 0.481 e. The maximum absolute atomic E-state index is 10.7. The van der Waals surface area contributed by atoms with Gasteiger partial charge in [-0.2, -0.15) is 0 Å². The molecule has 0 unspecified atom stereocenters. The molecule has 1 aromatic carbocycles. The Balaban J connectivity index is 2.77. The number of benzene rings is 1. The van der Waals surface area contributed by atoms with Crippen molar-refractivity contribution in [2.45, 2.75) is 26.7 Å². The maximum Gasteiger partial charge on any atom is 0.303 e. The van der Waals surface area contributed by atoms with Crippen LogP contribution in [0.1, 0.15) is 25.8 Å². The van der Waals surface area contributed by atoms with Crippen LogP contribution in [0.4, 0.5) is 0 Å². The summed E-state index contributed by atoms with van der Waals surface area (Å²) in [5.41, 5.74) is 0.738. The van der Waals surface area contributed by atoms with Crippen LogP contribution < -0.4 is 0 Å². The molecule has 1 rings (SSSR count). The van der Waals surface area contributed by atoms with Gasteiger partial charge in [0, 0.05) is 5.02 Å². The lowest BCUT2D eigenvalue weighted by Crippen LogP contribution is -2.19. The van der Waals surface area contributed by atoms with Crippen molar-refractivity contribution in [2.75, 3.05) is 0 Å². The highest BCUT2D eigenvalue weighted by Gasteiger charge is 2.22. The smallest absolute Gasteiger partial charge is 0.303 e. The van der Waals surface area contributed by atoms with Crippen molar-refractivity contribution in [3.8, 4) is 0 Å². The molecule has 0 fully saturated rings. The minimum absolute atomic E-state index is 0.151. The molecule has 0 bridgehead atoms. The molecule has 0 aliphatic carbocycles. The third-order valence-electron chi connectivity index (χ3n) is 2.26. The Morgan fingerprint density at radius 2 is 2.00 bits per heavy atom. The van der Waals surface area contributed by atoms with Crippen molar-refractivity contribution in [3.63, 3.8) is 0 Å². The van der Waals surface area contributed by atoms with Gasteiger partial charge < -0.3 is 5.11 Å². The van der Waals surface area contributed by atoms with E-state index >= 15 is 0 Å². The van der Waals surface area contributed by atoms with Crippen LogP contribution in [0.5, 0.6) is 0 Å². The van der Waals surface area contributed by atoms with Gasteiger partial charge in [0.15, 0.2) is 0 Å². The van der Waals surface area contributed by atoms with Crippen LogP contribution in [-0.2, 0) is 11.2 Å². The van der Waals surface area contributed by atoms with Crippen molar-refractivity contribution in [1.82, 2.24) is 0 Å². The monoisotopic (exact) mass is 226 g/mol. The van der Waals surface area contributed by atoms with Gasteiger partial charge in [-0.1, -0.05) is 43.6 Å². The number of carbonyl (C=O) groups is 1. The number of aliphatic carboxylic acids is 1. The number of rotatable bonds is 4. The second kappa shape index (κ2) is 4.67. The summed E-state index contributed by atoms with van der Waals surface area (Å²) in [5, 5.41) is 9.47. The SMILES string of the molecule is CC(C)(CC(=O)O)Cc1ccccc1Cl. The molecule has 0 heterocycles. The highest BCUT2D eigenvalue weighted by atomic mass is 35.5. The minimum atomic E-state index is -0.771. The third-order valence-corrected chi connectivity index (χ3v) is 2.63. The molecule has 82 valence electrons. The first-order chi connectivity index (χ1) is 6.91. The van der Waals surface area contributed by atoms with Crippen LogP contribution >= 0.6 is 11.6 Å². The molecule has 1 N–H and O–H groups in total. The maximum atomic E-state index is 10.7. The topological polar surface area (TPSA) is 37.3 Å². The molecule has 15 heavy (non-hydrogen) atoms. The van der Waals surface area contributed by atoms with E-state index in [1.54, 1.807) is 0 Å². The van der Waals surface area contributed by atoms with Gasteiger partial charge in [-0.25, -0.2) is 0 Å². The van der Waals surface area contributed by atoms with E-state index in [1.165, 1.54) is 0 Å². The van der Waals surface area contributed by atoms with Crippen molar-refractivity contribution in [2.24, 2.45) is 5.41 Å². The summed E-state index contributed by atoms with van der Waals surface area (Å²) in [6.45, 7) is 3.87. The fraction of sp³-hybridized carbons (Fsp3) is 0.417. The number of carboxylic acid groups (broad SMARTS) is 1. The zero-order chi connectivity index (χ0) is 11.5. The van der Waals surface area contributed by atoms with Gasteiger partial charge in [-0.15, -0.1) is 0 Å². The van der Waals surface area contributed by atoms with Crippen molar-refractivity contribution >= 4 is 17.6 Å². The predicted molar refractivity (Wildman–Crippen MR) is 61.2 cm³/mol. The number of carboxylic acids is 1. The third kappa shape index (κ3) is 3.92. The first-order valence-electron chi connectivity index (χ1n) is 4.86. The normalized spacial score (nSPS) is 11.4. The summed E-state index contributed by atoms with van der Waals surface area (Å²) in [6.07, 6.45) is 0.831. The molecule has 0 aromatic heterocycles. The van der Waals surface area contributed by atoms with Crippen LogP contribution in [0, 0.1) is 5.41 Å². The van der Waals surface area contributed by atoms with Gasteiger partial charge in [0.2, 0.25) is 0 Å². The summed E-state index contributed by atoms with van der Waals surface area (Å²) in [4.78, 5) is 10.7. The molecule has 0 saturated carbocycles. The molecular weight excluding hydrogens is 212 g/mol. The number of hydrogen-bond donors (Lipinski definition) is 1. The van der Waals surface area contributed by atoms with Crippen LogP contribution in [0.25, 0.3) is 0 Å². The van der Waals surface area contributed by atoms with Gasteiger partial charge >= 0.3 is 5.97 Å². The fourth-order valence-corrected chi connectivity index (χ4v) is 1.83. The molecule has 0 saturated heterocycles. The Hall–Kier alpha value is -1.02. The molecule has 0 aliphatic rings. The quantitative estimate of drug-likeness (QED) is 0.855. The molecule has 1 aromatic rings. The van der Waals surface area contributed by atoms with E-state index in [0.29, 0.717) is 11.4 Å². The highest BCUT2D eigenvalue weighted by molar-refractivity contribution is 6.31. The second-order valence-electron chi connectivity index (χ2n) is 4.50. The molecule has 0 spiro atoms. The highest BCUT2D eigenvalue weighted by Crippen LogP contribution is 2.29. The van der Waals surface area contributed by atoms with Gasteiger partial charge in [0.1, 0.15) is 0 Å². The zero-order valence-electron chi connectivity index (χ0n) is 8.96. The molecule has 0 aliphatic heterocycles. The summed E-state index contributed by atoms with van der Waals surface area (Å²) in [7, 11) is 0. The average Bonchev–Trinajstić information content (AvgIpc) is 2.06. The van der Waals surface area contributed by atoms with Crippen LogP contribution in [-0.4, -0.2) is 11.1 Å². The Bertz CT molecular complexity index is 358. The molecular formula is C12H15ClO2. The van der Waals surface area contributed by atoms with Crippen LogP contribution in [0.3, 0.4) is 0 Å². The minimum Gasteiger partial charge on any atom is -0.481 e. The first-order valence-corrected chi connectivity index (χ1v) is 5.24. The van der Waals surface area contributed by atoms with E-state index in [2.05, 4.69) is 0 Å². The van der Waals surface area contributed by atoms with E-state index in [1.807, 2.05) is 38.1 Å². The number of hydrogen-bond acceptors (Lipinski definition) is 1. The van der Waals surface area contributed by atoms with Gasteiger partial charge in [-0.3, -0.25) is 4.79 Å². The summed E-state index contributed by atoms with van der Waals surface area (Å²) in [6, 6.07) is 7.55. The average molecular weight is 227 g/mol. The van der Waals surface area contributed by atoms with Crippen molar-refractivity contribution < 1.29 is 9.90 Å². The van der Waals surface area contributed by atoms with Crippen LogP contribution in [0.2, 0.25) is 5.02 Å². The summed E-state index contributed by atoms with van der Waals surface area (Å²) >= 11 is 6.02. The van der Waals surface area contributed by atoms with Crippen molar-refractivity contribution in [3.05, 3.63) is 34.9 Å². The van der Waals surface area contributed by atoms with Crippen molar-refractivity contribution in [1.29, 1.82) is 0 Å². The van der Waals surface area contributed by atoms with Gasteiger partial charge in [0.25, 0.3) is 0 Å². The van der Waals surface area contributed by atoms with Gasteiger partial charge in [-0.05, 0) is 23.5 Å². The van der Waals surface area contributed by atoms with E-state index in [-0.39, 0.29) is 11.8 Å². The second-order valence-corrected chi connectivity index (χ2v) is 4.91.